The van der Waals surface area contributed by atoms with Gasteiger partial charge < -0.3 is 24.8 Å². The Bertz CT molecular complexity index is 1060. The number of pyridine rings is 1. The number of nitrogens with one attached hydrogen (secondary N) is 1. The number of carbonyl (C=O) groups excluding carboxylic acids is 1. The maximum absolute atomic E-state index is 13.5. The van der Waals surface area contributed by atoms with Crippen molar-refractivity contribution in [2.24, 2.45) is 0 Å². The van der Waals surface area contributed by atoms with Crippen molar-refractivity contribution >= 4 is 11.6 Å². The van der Waals surface area contributed by atoms with Gasteiger partial charge in [-0.05, 0) is 68.7 Å². The molecule has 0 radical (unpaired) electrons. The van der Waals surface area contributed by atoms with Crippen LogP contribution in [0.25, 0.3) is 0 Å². The minimum absolute atomic E-state index is 0.154. The molecule has 0 bridgehead atoms. The summed E-state index contributed by atoms with van der Waals surface area (Å²) in [4.78, 5) is 20.3. The van der Waals surface area contributed by atoms with Crippen molar-refractivity contribution in [2.75, 3.05) is 31.8 Å². The van der Waals surface area contributed by atoms with E-state index in [-0.39, 0.29) is 5.91 Å². The fraction of sp³-hybridized carbons (Fsp3) is 0.500. The lowest BCUT2D eigenvalue weighted by molar-refractivity contribution is 0.0845. The summed E-state index contributed by atoms with van der Waals surface area (Å²) >= 11 is 0. The molecule has 1 fully saturated rings. The van der Waals surface area contributed by atoms with Crippen LogP contribution in [0.1, 0.15) is 58.8 Å². The molecule has 1 atom stereocenters. The van der Waals surface area contributed by atoms with Crippen LogP contribution in [0.4, 0.5) is 5.69 Å². The average Bonchev–Trinajstić information content (AvgIpc) is 2.88. The molecular formula is C28H37N3O4. The van der Waals surface area contributed by atoms with E-state index in [2.05, 4.69) is 28.2 Å². The molecule has 2 aliphatic heterocycles. The monoisotopic (exact) mass is 479 g/mol. The van der Waals surface area contributed by atoms with Crippen LogP contribution in [-0.2, 0) is 24.1 Å². The van der Waals surface area contributed by atoms with Gasteiger partial charge in [0, 0.05) is 44.1 Å². The summed E-state index contributed by atoms with van der Waals surface area (Å²) < 4.78 is 11.2. The fourth-order valence-corrected chi connectivity index (χ4v) is 5.22. The molecule has 7 nitrogen and oxygen atoms in total. The van der Waals surface area contributed by atoms with Crippen molar-refractivity contribution in [1.82, 2.24) is 10.3 Å². The molecule has 2 N–H and O–H groups in total. The summed E-state index contributed by atoms with van der Waals surface area (Å²) in [5.41, 5.74) is 5.61. The molecule has 2 aromatic rings. The smallest absolute Gasteiger partial charge is 0.253 e. The number of rotatable bonds is 4. The number of fused-ring (bicyclic) bond motifs is 2. The molecule has 1 saturated heterocycles. The molecule has 3 heterocycles. The van der Waals surface area contributed by atoms with E-state index in [1.807, 2.05) is 31.3 Å². The Hall–Kier alpha value is -2.90. The van der Waals surface area contributed by atoms with Crippen LogP contribution in [0.3, 0.4) is 0 Å². The number of methoxy groups -OCH3 is 1. The molecular weight excluding hydrogens is 442 g/mol. The van der Waals surface area contributed by atoms with Gasteiger partial charge in [-0.2, -0.15) is 0 Å². The minimum Gasteiger partial charge on any atom is -0.496 e. The third-order valence-corrected chi connectivity index (χ3v) is 7.04. The van der Waals surface area contributed by atoms with Crippen LogP contribution >= 0.6 is 0 Å². The highest BCUT2D eigenvalue weighted by molar-refractivity contribution is 5.97. The predicted octanol–water partition coefficient (Wildman–Crippen LogP) is 3.74. The highest BCUT2D eigenvalue weighted by Gasteiger charge is 2.25. The first-order chi connectivity index (χ1) is 17.0. The second kappa shape index (κ2) is 11.7. The maximum atomic E-state index is 13.5. The zero-order valence-corrected chi connectivity index (χ0v) is 21.0. The maximum Gasteiger partial charge on any atom is 0.253 e. The SMILES string of the molecule is CCN(c1cncc2c1C/C=C\C(O)CCc1cc(C)cc(OC)c1CNC2=O)C1CCOCC1. The van der Waals surface area contributed by atoms with Crippen LogP contribution < -0.4 is 15.0 Å². The third kappa shape index (κ3) is 5.85. The van der Waals surface area contributed by atoms with Crippen molar-refractivity contribution in [1.29, 1.82) is 0 Å². The quantitative estimate of drug-likeness (QED) is 0.650. The van der Waals surface area contributed by atoms with E-state index in [1.165, 1.54) is 0 Å². The molecule has 1 amide bonds. The van der Waals surface area contributed by atoms with E-state index >= 15 is 0 Å². The second-order valence-electron chi connectivity index (χ2n) is 9.34. The van der Waals surface area contributed by atoms with Gasteiger partial charge in [0.2, 0.25) is 0 Å². The number of anilines is 1. The van der Waals surface area contributed by atoms with Gasteiger partial charge in [0.1, 0.15) is 5.75 Å². The van der Waals surface area contributed by atoms with Gasteiger partial charge in [0.05, 0.1) is 30.7 Å². The number of aryl methyl sites for hydroxylation is 2. The first kappa shape index (κ1) is 25.2. The molecule has 0 saturated carbocycles. The molecule has 2 aliphatic rings. The van der Waals surface area contributed by atoms with Crippen LogP contribution in [0.5, 0.6) is 5.75 Å². The number of carbonyl (C=O) groups is 1. The van der Waals surface area contributed by atoms with E-state index in [0.717, 1.165) is 66.3 Å². The summed E-state index contributed by atoms with van der Waals surface area (Å²) in [5.74, 6) is 0.600. The first-order valence-electron chi connectivity index (χ1n) is 12.6. The van der Waals surface area contributed by atoms with Gasteiger partial charge in [-0.3, -0.25) is 9.78 Å². The average molecular weight is 480 g/mol. The number of aliphatic hydroxyl groups is 1. The molecule has 4 rings (SSSR count). The summed E-state index contributed by atoms with van der Waals surface area (Å²) in [6, 6.07) is 4.45. The third-order valence-electron chi connectivity index (χ3n) is 7.04. The molecule has 188 valence electrons. The molecule has 0 spiro atoms. The van der Waals surface area contributed by atoms with Crippen molar-refractivity contribution in [3.05, 3.63) is 64.5 Å². The van der Waals surface area contributed by atoms with Gasteiger partial charge in [0.15, 0.2) is 0 Å². The van der Waals surface area contributed by atoms with Crippen LogP contribution in [-0.4, -0.2) is 55.0 Å². The lowest BCUT2D eigenvalue weighted by Gasteiger charge is -2.36. The number of aromatic nitrogens is 1. The second-order valence-corrected chi connectivity index (χ2v) is 9.34. The van der Waals surface area contributed by atoms with Gasteiger partial charge in [-0.1, -0.05) is 18.2 Å². The van der Waals surface area contributed by atoms with Crippen LogP contribution in [0, 0.1) is 6.92 Å². The van der Waals surface area contributed by atoms with E-state index in [9.17, 15) is 9.90 Å². The molecule has 1 aromatic carbocycles. The number of benzene rings is 1. The van der Waals surface area contributed by atoms with Gasteiger partial charge in [-0.25, -0.2) is 0 Å². The number of allylic oxidation sites excluding steroid dienone is 1. The Morgan fingerprint density at radius 2 is 2.00 bits per heavy atom. The van der Waals surface area contributed by atoms with Crippen molar-refractivity contribution < 1.29 is 19.4 Å². The Morgan fingerprint density at radius 1 is 1.20 bits per heavy atom. The van der Waals surface area contributed by atoms with E-state index in [1.54, 1.807) is 13.3 Å². The minimum atomic E-state index is -0.565. The lowest BCUT2D eigenvalue weighted by Crippen LogP contribution is -2.40. The van der Waals surface area contributed by atoms with Crippen LogP contribution in [0.2, 0.25) is 0 Å². The number of ether oxygens (including phenoxy) is 2. The Balaban J connectivity index is 1.73. The number of hydrogen-bond donors (Lipinski definition) is 2. The summed E-state index contributed by atoms with van der Waals surface area (Å²) in [7, 11) is 1.65. The number of hydrogen-bond acceptors (Lipinski definition) is 6. The fourth-order valence-electron chi connectivity index (χ4n) is 5.22. The van der Waals surface area contributed by atoms with E-state index in [4.69, 9.17) is 9.47 Å². The zero-order valence-electron chi connectivity index (χ0n) is 21.0. The summed E-state index contributed by atoms with van der Waals surface area (Å²) in [5, 5.41) is 13.8. The summed E-state index contributed by atoms with van der Waals surface area (Å²) in [6.07, 6.45) is 10.5. The molecule has 0 aliphatic carbocycles. The van der Waals surface area contributed by atoms with E-state index < -0.39 is 6.10 Å². The Labute approximate surface area is 208 Å². The van der Waals surface area contributed by atoms with Crippen LogP contribution in [0.15, 0.2) is 36.7 Å². The zero-order chi connectivity index (χ0) is 24.8. The highest BCUT2D eigenvalue weighted by atomic mass is 16.5. The first-order valence-corrected chi connectivity index (χ1v) is 12.6. The van der Waals surface area contributed by atoms with Crippen molar-refractivity contribution in [2.45, 2.75) is 64.6 Å². The lowest BCUT2D eigenvalue weighted by atomic mass is 9.97. The largest absolute Gasteiger partial charge is 0.496 e. The van der Waals surface area contributed by atoms with Crippen molar-refractivity contribution in [3.63, 3.8) is 0 Å². The van der Waals surface area contributed by atoms with Gasteiger partial charge in [-0.15, -0.1) is 0 Å². The standard InChI is InChI=1S/C28H37N3O4/c1-4-31(21-10-12-35-13-11-21)26-18-29-16-25-23(26)7-5-6-22(32)9-8-20-14-19(2)15-27(34-3)24(20)17-30-28(25)33/h5-6,14-16,18,21-22,32H,4,7-13,17H2,1-3H3,(H,30,33)/b6-5-. The topological polar surface area (TPSA) is 83.9 Å². The molecule has 1 aromatic heterocycles. The Kier molecular flexibility index (Phi) is 8.42. The van der Waals surface area contributed by atoms with E-state index in [0.29, 0.717) is 37.4 Å². The molecule has 35 heavy (non-hydrogen) atoms. The number of nitrogens with zero attached hydrogens (tertiary/aromatic N) is 2. The molecule has 7 heteroatoms. The highest BCUT2D eigenvalue weighted by Crippen LogP contribution is 2.30. The van der Waals surface area contributed by atoms with Gasteiger partial charge in [0.25, 0.3) is 5.91 Å². The Morgan fingerprint density at radius 3 is 2.74 bits per heavy atom. The predicted molar refractivity (Wildman–Crippen MR) is 137 cm³/mol. The van der Waals surface area contributed by atoms with Gasteiger partial charge >= 0.3 is 0 Å². The summed E-state index contributed by atoms with van der Waals surface area (Å²) in [6.45, 7) is 6.83. The molecule has 1 unspecified atom stereocenters. The normalized spacial score (nSPS) is 20.3. The van der Waals surface area contributed by atoms with Crippen molar-refractivity contribution in [3.8, 4) is 5.75 Å². The number of amides is 1. The number of aliphatic hydroxyl groups excluding tert-OH is 1.